The van der Waals surface area contributed by atoms with Gasteiger partial charge in [0.1, 0.15) is 56.1 Å². The Morgan fingerprint density at radius 3 is 1.20 bits per heavy atom. The number of methoxy groups -OCH3 is 1. The third-order valence-corrected chi connectivity index (χ3v) is 32.2. The van der Waals surface area contributed by atoms with Crippen molar-refractivity contribution in [3.63, 3.8) is 0 Å². The molecule has 13 aromatic carbocycles. The molecule has 0 heterocycles. The molecule has 0 aliphatic carbocycles. The summed E-state index contributed by atoms with van der Waals surface area (Å²) in [6.07, 6.45) is 1.01. The Hall–Kier alpha value is -15.0. The fraction of sp³-hybridized carbons (Fsp3) is 0.194. The molecule has 12 N–H and O–H groups in total. The summed E-state index contributed by atoms with van der Waals surface area (Å²) in [7, 11) is -14.7. The second kappa shape index (κ2) is 50.4. The van der Waals surface area contributed by atoms with Crippen molar-refractivity contribution in [1.29, 1.82) is 0 Å². The van der Waals surface area contributed by atoms with Crippen LogP contribution in [0.1, 0.15) is 156 Å². The van der Waals surface area contributed by atoms with Gasteiger partial charge in [0.05, 0.1) is 97.8 Å². The van der Waals surface area contributed by atoms with Gasteiger partial charge in [0.25, 0.3) is 23.6 Å². The van der Waals surface area contributed by atoms with E-state index in [1.54, 1.807) is 139 Å². The summed E-state index contributed by atoms with van der Waals surface area (Å²) in [5.41, 5.74) is 7.58. The van der Waals surface area contributed by atoms with Crippen LogP contribution in [0.3, 0.4) is 0 Å². The summed E-state index contributed by atoms with van der Waals surface area (Å²) in [4.78, 5) is 113. The molecule has 4 unspecified atom stereocenters. The monoisotopic (exact) mass is 2170 g/mol. The molecular formula is C108H105Cl4FN8O23S4. The number of carbonyl (C=O) groups excluding carboxylic acids is 9. The van der Waals surface area contributed by atoms with Crippen molar-refractivity contribution in [2.45, 2.75) is 144 Å². The van der Waals surface area contributed by atoms with Gasteiger partial charge in [-0.3, -0.25) is 38.4 Å². The summed E-state index contributed by atoms with van der Waals surface area (Å²) in [6.45, 7) is 21.2. The van der Waals surface area contributed by atoms with Crippen molar-refractivity contribution >= 4 is 184 Å². The standard InChI is InChI=1S/C34H34N2O8S.C26H27ClN2O5S.C24H21Cl3N2O5S.C24H23FN2O5S/c1-5-22(3)23-13-15-26(16-14-23)44-31-19-28(36-33(39)24-9-11-25(12-10-24)34(40)43-4)30(37)18-29(31)35-32(38)20-45(41,42)27-8-6-7-21(2)17-27;1-5-24(35(33,34)19-11-16(3)10-17(4)12-19)26(32)28-21-14-23(30)22(13-20(21)27)29-25(31)18-8-6-15(2)7-9-18;1-3-22(35(33,34)15-6-4-5-13(2)9-15)24(32)28-19-12-21(30)20(11-18(19)27)29-23(31)14-7-8-16(25)17(26)10-14;1-14-7-9-18(10-8-14)33(31,32)16(3)23(29)26-20-13-22(28)21(12-19(20)25)27-24(30)17-6-4-5-15(2)11-17/h6-19,22,37H,5,20H2,1-4H3,(H,35,38)(H,36,39);6-14,24,30H,5H2,1-4H3,(H,28,32)(H,29,31);4-12,22,30H,3H2,1-2H3,(H,28,32)(H,29,31);4-13,16,28H,1-3H3,(H,26,29)(H,27,30). The highest BCUT2D eigenvalue weighted by Gasteiger charge is 2.37. The number of rotatable bonds is 31. The van der Waals surface area contributed by atoms with Crippen LogP contribution in [0.15, 0.2) is 274 Å². The van der Waals surface area contributed by atoms with Gasteiger partial charge in [-0.1, -0.05) is 170 Å². The molecule has 0 aromatic heterocycles. The van der Waals surface area contributed by atoms with Crippen LogP contribution in [0, 0.1) is 54.3 Å². The van der Waals surface area contributed by atoms with Gasteiger partial charge in [0.2, 0.25) is 23.6 Å². The van der Waals surface area contributed by atoms with Crippen molar-refractivity contribution in [2.75, 3.05) is 55.4 Å². The number of esters is 1. The summed E-state index contributed by atoms with van der Waals surface area (Å²) >= 11 is 24.3. The minimum atomic E-state index is -4.01. The Kier molecular flexibility index (Phi) is 39.1. The van der Waals surface area contributed by atoms with E-state index in [0.29, 0.717) is 22.8 Å². The van der Waals surface area contributed by atoms with E-state index in [1.807, 2.05) is 38.1 Å². The van der Waals surface area contributed by atoms with E-state index in [1.165, 1.54) is 129 Å². The SMILES string of the molecule is CCC(C(=O)Nc1cc(O)c(NC(=O)c2ccc(C)cc2)cc1Cl)S(=O)(=O)c1cc(C)cc(C)c1.CCC(C(=O)Nc1cc(O)c(NC(=O)c2ccc(Cl)c(Cl)c2)cc1Cl)S(=O)(=O)c1cccc(C)c1.CCC(C)c1ccc(Oc2cc(NC(=O)c3ccc(C(=O)OC)cc3)c(O)cc2NC(=O)CS(=O)(=O)c2cccc(C)c2)cc1.Cc1ccc(S(=O)(=O)C(C)C(=O)Nc2cc(O)c(NC(=O)c3cccc(C)c3)cc2F)cc1. The second-order valence-electron chi connectivity index (χ2n) is 34.3. The molecule has 40 heteroatoms. The van der Waals surface area contributed by atoms with Gasteiger partial charge in [-0.2, -0.15) is 0 Å². The number of aryl methyl sites for hydroxylation is 7. The molecule has 0 fully saturated rings. The predicted octanol–water partition coefficient (Wildman–Crippen LogP) is 22.2. The Balaban J connectivity index is 0.000000203. The van der Waals surface area contributed by atoms with Gasteiger partial charge in [-0.15, -0.1) is 0 Å². The van der Waals surface area contributed by atoms with Crippen molar-refractivity contribution in [3.05, 3.63) is 353 Å². The number of ether oxygens (including phenoxy) is 2. The van der Waals surface area contributed by atoms with E-state index < -0.39 is 143 Å². The third kappa shape index (κ3) is 30.1. The summed E-state index contributed by atoms with van der Waals surface area (Å²) in [6, 6.07) is 63.4. The fourth-order valence-electron chi connectivity index (χ4n) is 14.4. The molecular weight excluding hydrogens is 2070 g/mol. The molecule has 31 nitrogen and oxygen atoms in total. The van der Waals surface area contributed by atoms with Gasteiger partial charge in [0.15, 0.2) is 45.1 Å². The first-order valence-electron chi connectivity index (χ1n) is 45.4. The number of phenols is 4. The molecule has 0 aliphatic rings. The highest BCUT2D eigenvalue weighted by atomic mass is 35.5. The van der Waals surface area contributed by atoms with Gasteiger partial charge >= 0.3 is 5.97 Å². The quantitative estimate of drug-likeness (QED) is 0.0142. The maximum Gasteiger partial charge on any atom is 0.337 e. The van der Waals surface area contributed by atoms with Crippen molar-refractivity contribution in [1.82, 2.24) is 0 Å². The Morgan fingerprint density at radius 1 is 0.331 bits per heavy atom. The first kappa shape index (κ1) is 115. The molecule has 0 saturated carbocycles. The highest BCUT2D eigenvalue weighted by molar-refractivity contribution is 7.93. The first-order valence-corrected chi connectivity index (χ1v) is 53.2. The molecule has 13 rings (SSSR count). The number of halogens is 5. The van der Waals surface area contributed by atoms with Crippen LogP contribution in [0.2, 0.25) is 20.1 Å². The number of aromatic hydroxyl groups is 4. The van der Waals surface area contributed by atoms with Crippen LogP contribution in [0.25, 0.3) is 0 Å². The Labute approximate surface area is 875 Å². The van der Waals surface area contributed by atoms with Crippen LogP contribution in [0.4, 0.5) is 49.9 Å². The van der Waals surface area contributed by atoms with E-state index in [2.05, 4.69) is 61.1 Å². The number of nitrogens with one attached hydrogen (secondary N) is 8. The van der Waals surface area contributed by atoms with Crippen LogP contribution in [-0.4, -0.2) is 136 Å². The molecule has 0 saturated heterocycles. The van der Waals surface area contributed by atoms with Crippen LogP contribution in [-0.2, 0) is 63.3 Å². The van der Waals surface area contributed by atoms with Crippen molar-refractivity contribution in [2.24, 2.45) is 0 Å². The van der Waals surface area contributed by atoms with Crippen LogP contribution in [0.5, 0.6) is 34.5 Å². The predicted molar refractivity (Wildman–Crippen MR) is 571 cm³/mol. The van der Waals surface area contributed by atoms with Crippen LogP contribution < -0.4 is 47.3 Å². The highest BCUT2D eigenvalue weighted by Crippen LogP contribution is 2.42. The number of phenolic OH excluding ortho intramolecular Hbond substituents is 4. The Bertz CT molecular complexity index is 7730. The van der Waals surface area contributed by atoms with E-state index in [9.17, 15) is 102 Å². The first-order chi connectivity index (χ1) is 69.7. The number of hydrogen-bond donors (Lipinski definition) is 12. The maximum atomic E-state index is 14.6. The van der Waals surface area contributed by atoms with E-state index in [4.69, 9.17) is 51.1 Å². The molecule has 13 aromatic rings. The number of carbonyl (C=O) groups is 9. The molecule has 774 valence electrons. The summed E-state index contributed by atoms with van der Waals surface area (Å²) in [5, 5.41) is 57.8. The summed E-state index contributed by atoms with van der Waals surface area (Å²) in [5.74, 6) is -8.78. The molecule has 0 bridgehead atoms. The normalized spacial score (nSPS) is 12.0. The van der Waals surface area contributed by atoms with Gasteiger partial charge < -0.3 is 72.4 Å². The maximum absolute atomic E-state index is 14.6. The van der Waals surface area contributed by atoms with Gasteiger partial charge in [0, 0.05) is 58.7 Å². The fourth-order valence-corrected chi connectivity index (χ4v) is 21.2. The minimum Gasteiger partial charge on any atom is -0.506 e. The number of hydrogen-bond acceptors (Lipinski definition) is 23. The van der Waals surface area contributed by atoms with Crippen molar-refractivity contribution in [3.8, 4) is 34.5 Å². The summed E-state index contributed by atoms with van der Waals surface area (Å²) < 4.78 is 129. The van der Waals surface area contributed by atoms with E-state index >= 15 is 0 Å². The number of sulfone groups is 4. The molecule has 4 atom stereocenters. The number of anilines is 8. The second-order valence-corrected chi connectivity index (χ2v) is 44.4. The Morgan fingerprint density at radius 2 is 0.730 bits per heavy atom. The van der Waals surface area contributed by atoms with Crippen molar-refractivity contribution < 1.29 is 111 Å². The van der Waals surface area contributed by atoms with E-state index in [-0.39, 0.29) is 121 Å². The lowest BCUT2D eigenvalue weighted by atomic mass is 9.99. The molecule has 0 radical (unpaired) electrons. The van der Waals surface area contributed by atoms with Gasteiger partial charge in [-0.25, -0.2) is 42.9 Å². The number of amides is 8. The molecule has 8 amide bonds. The average molecular weight is 2170 g/mol. The van der Waals surface area contributed by atoms with Crippen LogP contribution >= 0.6 is 46.4 Å². The van der Waals surface area contributed by atoms with Gasteiger partial charge in [-0.05, 0) is 248 Å². The lowest BCUT2D eigenvalue weighted by Gasteiger charge is -2.18. The lowest BCUT2D eigenvalue weighted by molar-refractivity contribution is -0.116. The molecule has 148 heavy (non-hydrogen) atoms. The number of benzene rings is 13. The zero-order valence-electron chi connectivity index (χ0n) is 82.0. The molecule has 0 spiro atoms. The smallest absolute Gasteiger partial charge is 0.337 e. The average Bonchev–Trinajstić information content (AvgIpc) is 0.808. The minimum absolute atomic E-state index is 0.0102. The topological polar surface area (TPSA) is 486 Å². The zero-order valence-corrected chi connectivity index (χ0v) is 88.2. The largest absolute Gasteiger partial charge is 0.506 e. The third-order valence-electron chi connectivity index (χ3n) is 22.8. The zero-order chi connectivity index (χ0) is 109. The lowest BCUT2D eigenvalue weighted by Crippen LogP contribution is -2.35. The molecule has 0 aliphatic heterocycles. The van der Waals surface area contributed by atoms with E-state index in [0.717, 1.165) is 75.2 Å².